The maximum absolute atomic E-state index is 11.0. The van der Waals surface area contributed by atoms with E-state index in [-0.39, 0.29) is 11.9 Å². The molecule has 1 atom stereocenters. The first-order valence-electron chi connectivity index (χ1n) is 5.14. The van der Waals surface area contributed by atoms with Gasteiger partial charge in [-0.3, -0.25) is 4.79 Å². The van der Waals surface area contributed by atoms with E-state index in [4.69, 9.17) is 4.74 Å². The SMILES string of the molecule is COc1ccc2c(c1)CCC2NC(C)=O. The Bertz CT molecular complexity index is 387. The molecule has 0 radical (unpaired) electrons. The van der Waals surface area contributed by atoms with Crippen LogP contribution in [0.25, 0.3) is 0 Å². The molecule has 0 aliphatic heterocycles. The number of nitrogens with one attached hydrogen (secondary N) is 1. The molecule has 0 heterocycles. The van der Waals surface area contributed by atoms with E-state index in [0.29, 0.717) is 0 Å². The first-order valence-corrected chi connectivity index (χ1v) is 5.14. The zero-order valence-corrected chi connectivity index (χ0v) is 9.04. The number of hydrogen-bond acceptors (Lipinski definition) is 2. The molecule has 1 aliphatic rings. The van der Waals surface area contributed by atoms with E-state index in [0.717, 1.165) is 18.6 Å². The molecule has 2 rings (SSSR count). The molecule has 1 N–H and O–H groups in total. The highest BCUT2D eigenvalue weighted by molar-refractivity contribution is 5.73. The monoisotopic (exact) mass is 205 g/mol. The molecule has 1 unspecified atom stereocenters. The quantitative estimate of drug-likeness (QED) is 0.799. The lowest BCUT2D eigenvalue weighted by Gasteiger charge is -2.12. The van der Waals surface area contributed by atoms with Gasteiger partial charge in [0.25, 0.3) is 0 Å². The Kier molecular flexibility index (Phi) is 2.62. The minimum Gasteiger partial charge on any atom is -0.497 e. The number of rotatable bonds is 2. The van der Waals surface area contributed by atoms with Crippen LogP contribution in [0, 0.1) is 0 Å². The van der Waals surface area contributed by atoms with Crippen molar-refractivity contribution in [3.63, 3.8) is 0 Å². The maximum Gasteiger partial charge on any atom is 0.217 e. The van der Waals surface area contributed by atoms with Crippen LogP contribution in [0.5, 0.6) is 5.75 Å². The van der Waals surface area contributed by atoms with E-state index in [1.807, 2.05) is 12.1 Å². The fourth-order valence-electron chi connectivity index (χ4n) is 2.12. The number of fused-ring (bicyclic) bond motifs is 1. The number of benzene rings is 1. The summed E-state index contributed by atoms with van der Waals surface area (Å²) >= 11 is 0. The van der Waals surface area contributed by atoms with Crippen molar-refractivity contribution in [1.29, 1.82) is 0 Å². The standard InChI is InChI=1S/C12H15NO2/c1-8(14)13-12-6-3-9-7-10(15-2)4-5-11(9)12/h4-5,7,12H,3,6H2,1-2H3,(H,13,14). The molecule has 0 saturated carbocycles. The Morgan fingerprint density at radius 1 is 1.53 bits per heavy atom. The summed E-state index contributed by atoms with van der Waals surface area (Å²) in [6.07, 6.45) is 2.00. The summed E-state index contributed by atoms with van der Waals surface area (Å²) in [6.45, 7) is 1.56. The first kappa shape index (κ1) is 10.0. The van der Waals surface area contributed by atoms with Crippen molar-refractivity contribution in [1.82, 2.24) is 5.32 Å². The molecule has 1 aromatic carbocycles. The molecule has 1 aromatic rings. The maximum atomic E-state index is 11.0. The molecule has 0 saturated heterocycles. The smallest absolute Gasteiger partial charge is 0.217 e. The second kappa shape index (κ2) is 3.93. The van der Waals surface area contributed by atoms with Crippen LogP contribution in [0.15, 0.2) is 18.2 Å². The zero-order valence-electron chi connectivity index (χ0n) is 9.04. The van der Waals surface area contributed by atoms with Crippen LogP contribution in [0.2, 0.25) is 0 Å². The summed E-state index contributed by atoms with van der Waals surface area (Å²) < 4.78 is 5.17. The van der Waals surface area contributed by atoms with E-state index in [2.05, 4.69) is 11.4 Å². The minimum atomic E-state index is 0.0312. The van der Waals surface area contributed by atoms with E-state index in [1.54, 1.807) is 14.0 Å². The summed E-state index contributed by atoms with van der Waals surface area (Å²) in [5.41, 5.74) is 2.51. The van der Waals surface area contributed by atoms with Crippen molar-refractivity contribution in [2.45, 2.75) is 25.8 Å². The number of aryl methyl sites for hydroxylation is 1. The highest BCUT2D eigenvalue weighted by Gasteiger charge is 2.23. The Hall–Kier alpha value is -1.51. The Balaban J connectivity index is 2.24. The molecular weight excluding hydrogens is 190 g/mol. The summed E-state index contributed by atoms with van der Waals surface area (Å²) in [5.74, 6) is 0.917. The van der Waals surface area contributed by atoms with Crippen LogP contribution in [-0.2, 0) is 11.2 Å². The van der Waals surface area contributed by atoms with Crippen LogP contribution >= 0.6 is 0 Å². The third-order valence-corrected chi connectivity index (χ3v) is 2.81. The topological polar surface area (TPSA) is 38.3 Å². The van der Waals surface area contributed by atoms with Gasteiger partial charge < -0.3 is 10.1 Å². The van der Waals surface area contributed by atoms with Gasteiger partial charge in [-0.2, -0.15) is 0 Å². The lowest BCUT2D eigenvalue weighted by molar-refractivity contribution is -0.119. The van der Waals surface area contributed by atoms with Crippen molar-refractivity contribution in [2.24, 2.45) is 0 Å². The molecule has 1 aliphatic carbocycles. The summed E-state index contributed by atoms with van der Waals surface area (Å²) in [6, 6.07) is 6.22. The number of methoxy groups -OCH3 is 1. The fourth-order valence-corrected chi connectivity index (χ4v) is 2.12. The van der Waals surface area contributed by atoms with Gasteiger partial charge in [0.1, 0.15) is 5.75 Å². The molecule has 0 spiro atoms. The fraction of sp³-hybridized carbons (Fsp3) is 0.417. The van der Waals surface area contributed by atoms with Gasteiger partial charge >= 0.3 is 0 Å². The van der Waals surface area contributed by atoms with Gasteiger partial charge in [0.2, 0.25) is 5.91 Å². The normalized spacial score (nSPS) is 18.4. The first-order chi connectivity index (χ1) is 7.20. The summed E-state index contributed by atoms with van der Waals surface area (Å²) in [5, 5.41) is 2.96. The Labute approximate surface area is 89.4 Å². The lowest BCUT2D eigenvalue weighted by atomic mass is 10.1. The summed E-state index contributed by atoms with van der Waals surface area (Å²) in [4.78, 5) is 11.0. The molecule has 1 amide bonds. The predicted molar refractivity (Wildman–Crippen MR) is 57.9 cm³/mol. The van der Waals surface area contributed by atoms with Gasteiger partial charge in [-0.25, -0.2) is 0 Å². The number of hydrogen-bond donors (Lipinski definition) is 1. The molecule has 80 valence electrons. The molecular formula is C12H15NO2. The second-order valence-electron chi connectivity index (χ2n) is 3.86. The molecule has 0 fully saturated rings. The van der Waals surface area contributed by atoms with Gasteiger partial charge in [0.05, 0.1) is 13.2 Å². The van der Waals surface area contributed by atoms with Crippen molar-refractivity contribution in [3.05, 3.63) is 29.3 Å². The highest BCUT2D eigenvalue weighted by Crippen LogP contribution is 2.33. The Morgan fingerprint density at radius 3 is 3.00 bits per heavy atom. The Morgan fingerprint density at radius 2 is 2.33 bits per heavy atom. The van der Waals surface area contributed by atoms with Gasteiger partial charge in [0, 0.05) is 6.92 Å². The van der Waals surface area contributed by atoms with Crippen LogP contribution in [0.4, 0.5) is 0 Å². The van der Waals surface area contributed by atoms with Crippen LogP contribution < -0.4 is 10.1 Å². The van der Waals surface area contributed by atoms with Crippen LogP contribution in [-0.4, -0.2) is 13.0 Å². The number of amides is 1. The van der Waals surface area contributed by atoms with E-state index < -0.39 is 0 Å². The molecule has 3 nitrogen and oxygen atoms in total. The van der Waals surface area contributed by atoms with Crippen molar-refractivity contribution in [3.8, 4) is 5.75 Å². The number of ether oxygens (including phenoxy) is 1. The highest BCUT2D eigenvalue weighted by atomic mass is 16.5. The van der Waals surface area contributed by atoms with Crippen LogP contribution in [0.3, 0.4) is 0 Å². The largest absolute Gasteiger partial charge is 0.497 e. The summed E-state index contributed by atoms with van der Waals surface area (Å²) in [7, 11) is 1.67. The number of carbonyl (C=O) groups excluding carboxylic acids is 1. The average molecular weight is 205 g/mol. The van der Waals surface area contributed by atoms with E-state index in [1.165, 1.54) is 11.1 Å². The molecule has 0 bridgehead atoms. The van der Waals surface area contributed by atoms with E-state index in [9.17, 15) is 4.79 Å². The van der Waals surface area contributed by atoms with Crippen molar-refractivity contribution < 1.29 is 9.53 Å². The van der Waals surface area contributed by atoms with Gasteiger partial charge in [-0.05, 0) is 36.1 Å². The third-order valence-electron chi connectivity index (χ3n) is 2.81. The third kappa shape index (κ3) is 1.96. The van der Waals surface area contributed by atoms with Gasteiger partial charge in [-0.15, -0.1) is 0 Å². The number of carbonyl (C=O) groups is 1. The average Bonchev–Trinajstić information content (AvgIpc) is 2.60. The van der Waals surface area contributed by atoms with Crippen molar-refractivity contribution >= 4 is 5.91 Å². The lowest BCUT2D eigenvalue weighted by Crippen LogP contribution is -2.24. The van der Waals surface area contributed by atoms with Gasteiger partial charge in [-0.1, -0.05) is 6.07 Å². The molecule has 15 heavy (non-hydrogen) atoms. The van der Waals surface area contributed by atoms with Gasteiger partial charge in [0.15, 0.2) is 0 Å². The predicted octanol–water partition coefficient (Wildman–Crippen LogP) is 1.82. The molecule has 0 aromatic heterocycles. The zero-order chi connectivity index (χ0) is 10.8. The van der Waals surface area contributed by atoms with Crippen molar-refractivity contribution in [2.75, 3.05) is 7.11 Å². The second-order valence-corrected chi connectivity index (χ2v) is 3.86. The molecule has 3 heteroatoms. The van der Waals surface area contributed by atoms with E-state index >= 15 is 0 Å². The van der Waals surface area contributed by atoms with Crippen LogP contribution in [0.1, 0.15) is 30.5 Å². The minimum absolute atomic E-state index is 0.0312.